The average molecular weight is 202 g/mol. The number of amides is 1. The van der Waals surface area contributed by atoms with Gasteiger partial charge in [-0.05, 0) is 26.7 Å². The van der Waals surface area contributed by atoms with Crippen molar-refractivity contribution < 1.29 is 9.53 Å². The van der Waals surface area contributed by atoms with Crippen LogP contribution in [0.5, 0.6) is 0 Å². The smallest absolute Gasteiger partial charge is 0.408 e. The molecular formula is C10H22N2O2. The Labute approximate surface area is 86.2 Å². The van der Waals surface area contributed by atoms with Gasteiger partial charge in [0.2, 0.25) is 0 Å². The van der Waals surface area contributed by atoms with E-state index in [1.807, 2.05) is 27.7 Å². The van der Waals surface area contributed by atoms with Gasteiger partial charge in [-0.1, -0.05) is 20.3 Å². The number of carbonyl (C=O) groups excluding carboxylic acids is 1. The summed E-state index contributed by atoms with van der Waals surface area (Å²) >= 11 is 0. The van der Waals surface area contributed by atoms with Crippen molar-refractivity contribution in [2.45, 2.75) is 58.7 Å². The molecule has 0 heterocycles. The number of rotatable bonds is 5. The predicted octanol–water partition coefficient (Wildman–Crippen LogP) is 1.99. The van der Waals surface area contributed by atoms with Crippen LogP contribution < -0.4 is 11.1 Å². The van der Waals surface area contributed by atoms with Gasteiger partial charge in [0, 0.05) is 0 Å². The minimum atomic E-state index is -0.433. The van der Waals surface area contributed by atoms with Gasteiger partial charge in [0.25, 0.3) is 0 Å². The zero-order valence-electron chi connectivity index (χ0n) is 9.59. The van der Waals surface area contributed by atoms with Crippen molar-refractivity contribution in [3.63, 3.8) is 0 Å². The molecule has 0 fully saturated rings. The molecule has 0 rings (SSSR count). The number of nitrogens with two attached hydrogens (primary N) is 1. The normalized spacial score (nSPS) is 13.5. The SMILES string of the molecule is CCCC(N)NC(=O)OC(C)(C)CC. The van der Waals surface area contributed by atoms with Gasteiger partial charge >= 0.3 is 6.09 Å². The van der Waals surface area contributed by atoms with E-state index in [-0.39, 0.29) is 6.17 Å². The minimum absolute atomic E-state index is 0.305. The van der Waals surface area contributed by atoms with Crippen LogP contribution in [0.1, 0.15) is 47.0 Å². The Balaban J connectivity index is 3.86. The molecule has 0 aromatic heterocycles. The van der Waals surface area contributed by atoms with Gasteiger partial charge in [-0.2, -0.15) is 0 Å². The highest BCUT2D eigenvalue weighted by molar-refractivity contribution is 5.67. The molecule has 0 aliphatic carbocycles. The molecule has 0 saturated carbocycles. The van der Waals surface area contributed by atoms with E-state index in [0.29, 0.717) is 0 Å². The van der Waals surface area contributed by atoms with Crippen LogP contribution in [0.3, 0.4) is 0 Å². The first kappa shape index (κ1) is 13.2. The molecule has 4 heteroatoms. The first-order chi connectivity index (χ1) is 6.41. The summed E-state index contributed by atoms with van der Waals surface area (Å²) in [6, 6.07) is 0. The molecule has 0 aromatic rings. The second-order valence-corrected chi connectivity index (χ2v) is 4.04. The Kier molecular flexibility index (Phi) is 5.53. The standard InChI is InChI=1S/C10H22N2O2/c1-5-7-8(11)12-9(13)14-10(3,4)6-2/h8H,5-7,11H2,1-4H3,(H,12,13). The summed E-state index contributed by atoms with van der Waals surface area (Å²) in [6.07, 6.45) is 1.75. The molecule has 1 unspecified atom stereocenters. The maximum atomic E-state index is 11.3. The molecule has 84 valence electrons. The summed E-state index contributed by atoms with van der Waals surface area (Å²) in [5, 5.41) is 2.59. The van der Waals surface area contributed by atoms with Gasteiger partial charge in [0.05, 0.1) is 6.17 Å². The summed E-state index contributed by atoms with van der Waals surface area (Å²) < 4.78 is 5.17. The number of ether oxygens (including phenoxy) is 1. The average Bonchev–Trinajstić information content (AvgIpc) is 2.03. The molecule has 0 aromatic carbocycles. The maximum absolute atomic E-state index is 11.3. The zero-order valence-corrected chi connectivity index (χ0v) is 9.59. The van der Waals surface area contributed by atoms with Gasteiger partial charge in [-0.25, -0.2) is 4.79 Å². The van der Waals surface area contributed by atoms with Gasteiger partial charge < -0.3 is 15.8 Å². The van der Waals surface area contributed by atoms with Crippen LogP contribution >= 0.6 is 0 Å². The molecule has 4 nitrogen and oxygen atoms in total. The quantitative estimate of drug-likeness (QED) is 0.670. The second kappa shape index (κ2) is 5.86. The molecule has 0 radical (unpaired) electrons. The van der Waals surface area contributed by atoms with Crippen molar-refractivity contribution in [1.29, 1.82) is 0 Å². The summed E-state index contributed by atoms with van der Waals surface area (Å²) in [5.74, 6) is 0. The molecule has 0 saturated heterocycles. The van der Waals surface area contributed by atoms with Crippen LogP contribution in [0.2, 0.25) is 0 Å². The van der Waals surface area contributed by atoms with Gasteiger partial charge in [0.1, 0.15) is 5.60 Å². The van der Waals surface area contributed by atoms with Crippen LogP contribution in [0.4, 0.5) is 4.79 Å². The lowest BCUT2D eigenvalue weighted by Crippen LogP contribution is -2.44. The lowest BCUT2D eigenvalue weighted by molar-refractivity contribution is 0.0342. The Morgan fingerprint density at radius 1 is 1.50 bits per heavy atom. The van der Waals surface area contributed by atoms with Crippen molar-refractivity contribution in [2.24, 2.45) is 5.73 Å². The zero-order chi connectivity index (χ0) is 11.2. The maximum Gasteiger partial charge on any atom is 0.408 e. The fourth-order valence-corrected chi connectivity index (χ4v) is 0.887. The molecule has 0 spiro atoms. The number of alkyl carbamates (subject to hydrolysis) is 1. The molecular weight excluding hydrogens is 180 g/mol. The highest BCUT2D eigenvalue weighted by Crippen LogP contribution is 2.13. The van der Waals surface area contributed by atoms with Crippen molar-refractivity contribution in [3.8, 4) is 0 Å². The van der Waals surface area contributed by atoms with E-state index >= 15 is 0 Å². The Bertz CT molecular complexity index is 181. The highest BCUT2D eigenvalue weighted by Gasteiger charge is 2.20. The Morgan fingerprint density at radius 2 is 2.07 bits per heavy atom. The molecule has 0 aliphatic heterocycles. The van der Waals surface area contributed by atoms with E-state index in [1.54, 1.807) is 0 Å². The van der Waals surface area contributed by atoms with Crippen LogP contribution in [-0.2, 0) is 4.74 Å². The third-order valence-electron chi connectivity index (χ3n) is 2.12. The second-order valence-electron chi connectivity index (χ2n) is 4.04. The van der Waals surface area contributed by atoms with Crippen molar-refractivity contribution >= 4 is 6.09 Å². The van der Waals surface area contributed by atoms with Crippen LogP contribution in [-0.4, -0.2) is 17.9 Å². The number of hydrogen-bond acceptors (Lipinski definition) is 3. The van der Waals surface area contributed by atoms with Crippen LogP contribution in [0.25, 0.3) is 0 Å². The van der Waals surface area contributed by atoms with E-state index in [2.05, 4.69) is 5.32 Å². The summed E-state index contributed by atoms with van der Waals surface area (Å²) in [6.45, 7) is 7.73. The lowest BCUT2D eigenvalue weighted by atomic mass is 10.1. The van der Waals surface area contributed by atoms with E-state index in [1.165, 1.54) is 0 Å². The summed E-state index contributed by atoms with van der Waals surface area (Å²) in [7, 11) is 0. The molecule has 1 amide bonds. The summed E-state index contributed by atoms with van der Waals surface area (Å²) in [5.41, 5.74) is 5.21. The van der Waals surface area contributed by atoms with Gasteiger partial charge in [0.15, 0.2) is 0 Å². The third kappa shape index (κ3) is 5.80. The number of nitrogens with one attached hydrogen (secondary N) is 1. The molecule has 1 atom stereocenters. The largest absolute Gasteiger partial charge is 0.444 e. The fraction of sp³-hybridized carbons (Fsp3) is 0.900. The minimum Gasteiger partial charge on any atom is -0.444 e. The summed E-state index contributed by atoms with van der Waals surface area (Å²) in [4.78, 5) is 11.3. The molecule has 0 aliphatic rings. The highest BCUT2D eigenvalue weighted by atomic mass is 16.6. The van der Waals surface area contributed by atoms with Crippen molar-refractivity contribution in [1.82, 2.24) is 5.32 Å². The Hall–Kier alpha value is -0.770. The van der Waals surface area contributed by atoms with E-state index < -0.39 is 11.7 Å². The van der Waals surface area contributed by atoms with E-state index in [9.17, 15) is 4.79 Å². The van der Waals surface area contributed by atoms with E-state index in [0.717, 1.165) is 19.3 Å². The molecule has 3 N–H and O–H groups in total. The predicted molar refractivity (Wildman–Crippen MR) is 56.9 cm³/mol. The topological polar surface area (TPSA) is 64.3 Å². The van der Waals surface area contributed by atoms with E-state index in [4.69, 9.17) is 10.5 Å². The first-order valence-electron chi connectivity index (χ1n) is 5.16. The first-order valence-corrected chi connectivity index (χ1v) is 5.16. The van der Waals surface area contributed by atoms with Gasteiger partial charge in [-0.3, -0.25) is 0 Å². The molecule has 0 bridgehead atoms. The number of hydrogen-bond donors (Lipinski definition) is 2. The van der Waals surface area contributed by atoms with Crippen LogP contribution in [0, 0.1) is 0 Å². The number of carbonyl (C=O) groups is 1. The third-order valence-corrected chi connectivity index (χ3v) is 2.12. The monoisotopic (exact) mass is 202 g/mol. The fourth-order valence-electron chi connectivity index (χ4n) is 0.887. The Morgan fingerprint density at radius 3 is 2.50 bits per heavy atom. The van der Waals surface area contributed by atoms with Crippen molar-refractivity contribution in [3.05, 3.63) is 0 Å². The lowest BCUT2D eigenvalue weighted by Gasteiger charge is -2.24. The molecule has 14 heavy (non-hydrogen) atoms. The van der Waals surface area contributed by atoms with Crippen molar-refractivity contribution in [2.75, 3.05) is 0 Å². The van der Waals surface area contributed by atoms with Gasteiger partial charge in [-0.15, -0.1) is 0 Å². The van der Waals surface area contributed by atoms with Crippen LogP contribution in [0.15, 0.2) is 0 Å².